The highest BCUT2D eigenvalue weighted by atomic mass is 16.3. The first kappa shape index (κ1) is 34.3. The molecule has 2 saturated carbocycles. The molecule has 0 aliphatic heterocycles. The number of nitrogens with two attached hydrogens (primary N) is 1. The van der Waals surface area contributed by atoms with E-state index in [1.54, 1.807) is 39.2 Å². The first-order chi connectivity index (χ1) is 21.2. The van der Waals surface area contributed by atoms with Gasteiger partial charge in [0.15, 0.2) is 34.7 Å². The molecule has 45 heavy (non-hydrogen) atoms. The number of hydrogen-bond donors (Lipinski definition) is 5. The van der Waals surface area contributed by atoms with Gasteiger partial charge in [0.25, 0.3) is 0 Å². The van der Waals surface area contributed by atoms with Crippen LogP contribution in [-0.4, -0.2) is 102 Å². The van der Waals surface area contributed by atoms with Crippen LogP contribution in [0.15, 0.2) is 18.7 Å². The van der Waals surface area contributed by atoms with Crippen LogP contribution in [0.4, 0.5) is 11.4 Å². The monoisotopic (exact) mass is 626 g/mol. The quantitative estimate of drug-likeness (QED) is 0.0916. The van der Waals surface area contributed by atoms with Crippen molar-refractivity contribution in [2.75, 3.05) is 45.0 Å². The smallest absolute Gasteiger partial charge is 0.235 e. The van der Waals surface area contributed by atoms with Crippen LogP contribution in [0.5, 0.6) is 5.75 Å². The number of hydrogen-bond acceptors (Lipinski definition) is 11. The number of nitrogens with one attached hydrogen (secondary N) is 1. The highest BCUT2D eigenvalue weighted by Gasteiger charge is 2.69. The van der Waals surface area contributed by atoms with Crippen molar-refractivity contribution in [2.45, 2.75) is 69.1 Å². The summed E-state index contributed by atoms with van der Waals surface area (Å²) in [6.07, 6.45) is 6.77. The molecule has 1 aromatic rings. The molecule has 3 aliphatic carbocycles. The zero-order valence-corrected chi connectivity index (χ0v) is 26.5. The van der Waals surface area contributed by atoms with Crippen LogP contribution in [0, 0.1) is 23.7 Å². The van der Waals surface area contributed by atoms with Crippen molar-refractivity contribution in [1.29, 1.82) is 0 Å². The van der Waals surface area contributed by atoms with Gasteiger partial charge in [-0.2, -0.15) is 0 Å². The van der Waals surface area contributed by atoms with Gasteiger partial charge in [0, 0.05) is 32.2 Å². The zero-order valence-electron chi connectivity index (χ0n) is 26.5. The second-order valence-corrected chi connectivity index (χ2v) is 13.1. The summed E-state index contributed by atoms with van der Waals surface area (Å²) in [4.78, 5) is 70.4. The van der Waals surface area contributed by atoms with Gasteiger partial charge >= 0.3 is 0 Å². The zero-order chi connectivity index (χ0) is 33.4. The molecule has 3 unspecified atom stereocenters. The highest BCUT2D eigenvalue weighted by molar-refractivity contribution is 6.32. The van der Waals surface area contributed by atoms with E-state index in [0.717, 1.165) is 32.1 Å². The third-order valence-corrected chi connectivity index (χ3v) is 9.74. The van der Waals surface area contributed by atoms with Crippen LogP contribution < -0.4 is 16.0 Å². The SMILES string of the molecule is C=CCCCCCCC(O)CNc1cc(N(C)C)c2c(c1O)C(=O)C1C(=O)[C@]3(O)C(=O)C(C(N)=O)C(=O)[C@@H](N(C)C)[C@@H]3C[C@@H]1C2. The Hall–Kier alpha value is -3.61. The van der Waals surface area contributed by atoms with Gasteiger partial charge < -0.3 is 31.3 Å². The van der Waals surface area contributed by atoms with Crippen LogP contribution in [0.1, 0.15) is 60.9 Å². The molecule has 0 spiro atoms. The molecule has 2 fully saturated rings. The summed E-state index contributed by atoms with van der Waals surface area (Å²) in [7, 11) is 6.66. The van der Waals surface area contributed by atoms with Gasteiger partial charge in [-0.05, 0) is 63.7 Å². The van der Waals surface area contributed by atoms with Gasteiger partial charge in [-0.1, -0.05) is 25.3 Å². The molecule has 0 bridgehead atoms. The number of Topliss-reactive ketones (excluding diaryl/α,β-unsaturated/α-hetero) is 4. The Morgan fingerprint density at radius 1 is 1.13 bits per heavy atom. The molecule has 7 atom stereocenters. The predicted molar refractivity (Wildman–Crippen MR) is 168 cm³/mol. The van der Waals surface area contributed by atoms with E-state index in [-0.39, 0.29) is 36.4 Å². The lowest BCUT2D eigenvalue weighted by Gasteiger charge is -2.52. The number of aromatic hydroxyl groups is 1. The number of nitrogens with zero attached hydrogens (tertiary/aromatic N) is 2. The number of likely N-dealkylation sites (N-methyl/N-ethyl adjacent to an activating group) is 1. The topological polar surface area (TPSA) is 191 Å². The van der Waals surface area contributed by atoms with Crippen LogP contribution in [0.2, 0.25) is 0 Å². The summed E-state index contributed by atoms with van der Waals surface area (Å²) in [6.45, 7) is 3.84. The molecule has 6 N–H and O–H groups in total. The van der Waals surface area contributed by atoms with Crippen LogP contribution in [0.25, 0.3) is 0 Å². The average molecular weight is 627 g/mol. The fraction of sp³-hybridized carbons (Fsp3) is 0.606. The van der Waals surface area contributed by atoms with Crippen molar-refractivity contribution in [1.82, 2.24) is 4.90 Å². The Bertz CT molecular complexity index is 1390. The number of aliphatic hydroxyl groups excluding tert-OH is 1. The number of amides is 1. The number of aliphatic hydroxyl groups is 2. The molecule has 0 radical (unpaired) electrons. The van der Waals surface area contributed by atoms with Crippen molar-refractivity contribution < 1.29 is 39.3 Å². The summed E-state index contributed by atoms with van der Waals surface area (Å²) in [6, 6.07) is 0.539. The van der Waals surface area contributed by atoms with Crippen molar-refractivity contribution in [3.05, 3.63) is 29.8 Å². The number of fused-ring (bicyclic) bond motifs is 3. The number of primary amides is 1. The number of ketones is 4. The number of phenolic OH excluding ortho intramolecular Hbond substituents is 1. The Labute approximate surface area is 263 Å². The molecule has 3 aliphatic rings. The predicted octanol–water partition coefficient (Wildman–Crippen LogP) is 1.23. The maximum absolute atomic E-state index is 14.1. The summed E-state index contributed by atoms with van der Waals surface area (Å²) >= 11 is 0. The van der Waals surface area contributed by atoms with Crippen molar-refractivity contribution in [2.24, 2.45) is 29.4 Å². The number of phenols is 1. The van der Waals surface area contributed by atoms with Crippen LogP contribution in [0.3, 0.4) is 0 Å². The van der Waals surface area contributed by atoms with Gasteiger partial charge in [0.05, 0.1) is 29.3 Å². The molecule has 1 amide bonds. The van der Waals surface area contributed by atoms with E-state index in [1.807, 2.05) is 6.08 Å². The van der Waals surface area contributed by atoms with Gasteiger partial charge in [0.2, 0.25) is 5.91 Å². The highest BCUT2D eigenvalue weighted by Crippen LogP contribution is 2.52. The Morgan fingerprint density at radius 2 is 1.80 bits per heavy atom. The largest absolute Gasteiger partial charge is 0.505 e. The van der Waals surface area contributed by atoms with E-state index in [4.69, 9.17) is 5.73 Å². The van der Waals surface area contributed by atoms with Crippen molar-refractivity contribution >= 4 is 40.4 Å². The maximum Gasteiger partial charge on any atom is 0.235 e. The summed E-state index contributed by atoms with van der Waals surface area (Å²) < 4.78 is 0. The molecule has 1 aromatic carbocycles. The van der Waals surface area contributed by atoms with Crippen molar-refractivity contribution in [3.8, 4) is 5.75 Å². The minimum atomic E-state index is -2.78. The lowest BCUT2D eigenvalue weighted by Crippen LogP contribution is -2.74. The first-order valence-electron chi connectivity index (χ1n) is 15.6. The van der Waals surface area contributed by atoms with E-state index in [2.05, 4.69) is 11.9 Å². The van der Waals surface area contributed by atoms with E-state index < -0.39 is 70.5 Å². The number of anilines is 2. The number of carbonyl (C=O) groups is 5. The molecule has 12 nitrogen and oxygen atoms in total. The fourth-order valence-electron chi connectivity index (χ4n) is 7.54. The number of rotatable bonds is 13. The number of unbranched alkanes of at least 4 members (excludes halogenated alkanes) is 4. The third kappa shape index (κ3) is 6.03. The Balaban J connectivity index is 1.66. The van der Waals surface area contributed by atoms with Gasteiger partial charge in [-0.25, -0.2) is 0 Å². The molecule has 4 rings (SSSR count). The molecular formula is C33H46N4O8. The standard InChI is InChI=1S/C33H46N4O8/c1-6-7-8-9-10-11-12-18(38)16-35-21-15-22(36(2)3)19-13-17-14-20-26(37(4)5)29(41)25(32(34)44)31(43)33(20,45)30(42)23(17)28(40)24(19)27(21)39/h6,15,17-18,20,23,25-26,35,38-39,45H,1,7-14,16H2,2-5H3,(H2,34,44)/t17-,18?,20-,23?,25?,26-,33-/m0/s1. The molecule has 246 valence electrons. The first-order valence-corrected chi connectivity index (χ1v) is 15.6. The van der Waals surface area contributed by atoms with Crippen molar-refractivity contribution in [3.63, 3.8) is 0 Å². The molecule has 0 heterocycles. The summed E-state index contributed by atoms with van der Waals surface area (Å²) in [5.41, 5.74) is 3.86. The normalized spacial score (nSPS) is 28.3. The second kappa shape index (κ2) is 13.4. The van der Waals surface area contributed by atoms with Gasteiger partial charge in [0.1, 0.15) is 5.75 Å². The molecule has 12 heteroatoms. The second-order valence-electron chi connectivity index (χ2n) is 13.1. The molecule has 0 aromatic heterocycles. The number of allylic oxidation sites excluding steroid dienone is 1. The lowest BCUT2D eigenvalue weighted by atomic mass is 9.52. The third-order valence-electron chi connectivity index (χ3n) is 9.74. The van der Waals surface area contributed by atoms with E-state index in [1.165, 1.54) is 4.90 Å². The van der Waals surface area contributed by atoms with Crippen LogP contribution in [-0.2, 0) is 25.6 Å². The van der Waals surface area contributed by atoms with E-state index in [9.17, 15) is 39.3 Å². The van der Waals surface area contributed by atoms with E-state index >= 15 is 0 Å². The molecule has 0 saturated heterocycles. The van der Waals surface area contributed by atoms with Gasteiger partial charge in [-0.15, -0.1) is 6.58 Å². The number of benzene rings is 1. The lowest BCUT2D eigenvalue weighted by molar-refractivity contribution is -0.181. The maximum atomic E-state index is 14.1. The van der Waals surface area contributed by atoms with E-state index in [0.29, 0.717) is 17.7 Å². The Morgan fingerprint density at radius 3 is 2.40 bits per heavy atom. The fourth-order valence-corrected chi connectivity index (χ4v) is 7.54. The summed E-state index contributed by atoms with van der Waals surface area (Å²) in [5, 5.41) is 36.8. The minimum Gasteiger partial charge on any atom is -0.505 e. The number of carbonyl (C=O) groups excluding carboxylic acids is 5. The van der Waals surface area contributed by atoms with Gasteiger partial charge in [-0.3, -0.25) is 28.9 Å². The Kier molecular flexibility index (Phi) is 10.2. The average Bonchev–Trinajstić information content (AvgIpc) is 2.95. The summed E-state index contributed by atoms with van der Waals surface area (Å²) in [5.74, 6) is -10.9. The van der Waals surface area contributed by atoms with Crippen LogP contribution >= 0.6 is 0 Å². The minimum absolute atomic E-state index is 0.0166. The molecular weight excluding hydrogens is 580 g/mol.